The second-order valence-corrected chi connectivity index (χ2v) is 9.90. The number of benzene rings is 3. The van der Waals surface area contributed by atoms with Crippen molar-refractivity contribution in [2.45, 2.75) is 25.4 Å². The van der Waals surface area contributed by atoms with Crippen LogP contribution in [0.15, 0.2) is 108 Å². The molecule has 3 aromatic carbocycles. The summed E-state index contributed by atoms with van der Waals surface area (Å²) >= 11 is 0. The van der Waals surface area contributed by atoms with Crippen LogP contribution in [0.1, 0.15) is 44.2 Å². The van der Waals surface area contributed by atoms with Crippen LogP contribution in [0.4, 0.5) is 5.82 Å². The average Bonchev–Trinajstić information content (AvgIpc) is 3.32. The molecule has 11 heteroatoms. The molecule has 0 radical (unpaired) electrons. The van der Waals surface area contributed by atoms with Crippen LogP contribution in [-0.2, 0) is 14.2 Å². The highest BCUT2D eigenvalue weighted by atomic mass is 16.6. The smallest absolute Gasteiger partial charge is 0.351 e. The molecule has 0 bridgehead atoms. The van der Waals surface area contributed by atoms with Gasteiger partial charge in [-0.3, -0.25) is 9.36 Å². The highest BCUT2D eigenvalue weighted by Gasteiger charge is 2.58. The molecule has 2 heterocycles. The van der Waals surface area contributed by atoms with Crippen molar-refractivity contribution in [2.24, 2.45) is 5.41 Å². The van der Waals surface area contributed by atoms with Crippen molar-refractivity contribution in [3.8, 4) is 6.07 Å². The molecule has 11 nitrogen and oxygen atoms in total. The van der Waals surface area contributed by atoms with Crippen molar-refractivity contribution >= 4 is 23.7 Å². The fraction of sp³-hybridized carbons (Fsp3) is 0.188. The summed E-state index contributed by atoms with van der Waals surface area (Å²) in [4.78, 5) is 55.4. The molecular formula is C32H26N4O7. The number of nitrogens with zero attached hydrogens (tertiary/aromatic N) is 3. The summed E-state index contributed by atoms with van der Waals surface area (Å²) < 4.78 is 18.5. The van der Waals surface area contributed by atoms with Gasteiger partial charge in [0.15, 0.2) is 12.3 Å². The van der Waals surface area contributed by atoms with E-state index in [0.717, 1.165) is 4.57 Å². The molecule has 1 amide bonds. The quantitative estimate of drug-likeness (QED) is 0.306. The highest BCUT2D eigenvalue weighted by molar-refractivity contribution is 6.03. The predicted molar refractivity (Wildman–Crippen MR) is 153 cm³/mol. The molecule has 0 saturated carbocycles. The largest absolute Gasteiger partial charge is 0.459 e. The maximum absolute atomic E-state index is 13.2. The lowest BCUT2D eigenvalue weighted by Crippen LogP contribution is -2.43. The van der Waals surface area contributed by atoms with E-state index in [1.807, 2.05) is 0 Å². The first-order valence-corrected chi connectivity index (χ1v) is 13.3. The fourth-order valence-corrected chi connectivity index (χ4v) is 4.72. The van der Waals surface area contributed by atoms with Crippen LogP contribution < -0.4 is 11.0 Å². The molecule has 216 valence electrons. The maximum Gasteiger partial charge on any atom is 0.351 e. The van der Waals surface area contributed by atoms with Gasteiger partial charge in [-0.2, -0.15) is 10.2 Å². The second kappa shape index (κ2) is 12.5. The van der Waals surface area contributed by atoms with Crippen LogP contribution in [0.25, 0.3) is 0 Å². The monoisotopic (exact) mass is 578 g/mol. The van der Waals surface area contributed by atoms with E-state index in [1.54, 1.807) is 91.0 Å². The zero-order valence-corrected chi connectivity index (χ0v) is 23.0. The molecule has 1 aliphatic rings. The number of ether oxygens (including phenoxy) is 3. The van der Waals surface area contributed by atoms with E-state index in [4.69, 9.17) is 14.2 Å². The van der Waals surface area contributed by atoms with Gasteiger partial charge in [0.2, 0.25) is 0 Å². The van der Waals surface area contributed by atoms with Crippen LogP contribution in [0.3, 0.4) is 0 Å². The van der Waals surface area contributed by atoms with E-state index in [-0.39, 0.29) is 18.0 Å². The molecule has 4 atom stereocenters. The van der Waals surface area contributed by atoms with Gasteiger partial charge in [0.25, 0.3) is 5.91 Å². The lowest BCUT2D eigenvalue weighted by Gasteiger charge is -2.28. The molecule has 5 rings (SSSR count). The standard InChI is InChI=1S/C32H26N4O7/c1-32(20-33)26(43-29(39)23-15-9-4-10-16-23)24(19-41-28(38)22-13-7-3-8-14-22)42-30(32)36-18-17-25(35-31(36)40)34-27(37)21-11-5-2-6-12-21/h2-18,24,26,30H,19H2,1H3,(H,34,35,37,40)/t24?,26-,30?,32-/m1/s1. The molecule has 43 heavy (non-hydrogen) atoms. The van der Waals surface area contributed by atoms with Crippen LogP contribution in [0.5, 0.6) is 0 Å². The summed E-state index contributed by atoms with van der Waals surface area (Å²) in [5.74, 6) is -1.83. The van der Waals surface area contributed by atoms with Gasteiger partial charge in [-0.15, -0.1) is 0 Å². The molecule has 1 fully saturated rings. The topological polar surface area (TPSA) is 150 Å². The number of carbonyl (C=O) groups is 3. The normalized spacial score (nSPS) is 20.9. The number of nitrogens with one attached hydrogen (secondary N) is 1. The predicted octanol–water partition coefficient (Wildman–Crippen LogP) is 4.01. The van der Waals surface area contributed by atoms with Crippen molar-refractivity contribution in [3.63, 3.8) is 0 Å². The number of esters is 2. The summed E-state index contributed by atoms with van der Waals surface area (Å²) in [5.41, 5.74) is -1.53. The number of carbonyl (C=O) groups excluding carboxylic acids is 3. The molecule has 0 aliphatic carbocycles. The summed E-state index contributed by atoms with van der Waals surface area (Å²) in [6.07, 6.45) is -2.32. The first-order valence-electron chi connectivity index (χ1n) is 13.3. The highest BCUT2D eigenvalue weighted by Crippen LogP contribution is 2.46. The van der Waals surface area contributed by atoms with Crippen LogP contribution in [0.2, 0.25) is 0 Å². The first kappa shape index (κ1) is 28.9. The Labute approximate surface area is 246 Å². The molecule has 4 aromatic rings. The van der Waals surface area contributed by atoms with Gasteiger partial charge < -0.3 is 19.5 Å². The Morgan fingerprint density at radius 1 is 0.907 bits per heavy atom. The van der Waals surface area contributed by atoms with E-state index in [1.165, 1.54) is 19.2 Å². The van der Waals surface area contributed by atoms with Crippen LogP contribution in [0, 0.1) is 16.7 Å². The summed E-state index contributed by atoms with van der Waals surface area (Å²) in [7, 11) is 0. The number of hydrogen-bond donors (Lipinski definition) is 1. The fourth-order valence-electron chi connectivity index (χ4n) is 4.72. The van der Waals surface area contributed by atoms with Gasteiger partial charge in [0.05, 0.1) is 17.2 Å². The Morgan fingerprint density at radius 2 is 1.47 bits per heavy atom. The number of aromatic nitrogens is 2. The number of nitriles is 1. The Kier molecular flexibility index (Phi) is 8.41. The van der Waals surface area contributed by atoms with Gasteiger partial charge in [-0.1, -0.05) is 54.6 Å². The van der Waals surface area contributed by atoms with Crippen LogP contribution >= 0.6 is 0 Å². The van der Waals surface area contributed by atoms with E-state index in [0.29, 0.717) is 11.1 Å². The molecule has 1 saturated heterocycles. The van der Waals surface area contributed by atoms with Gasteiger partial charge in [-0.25, -0.2) is 14.4 Å². The maximum atomic E-state index is 13.2. The summed E-state index contributed by atoms with van der Waals surface area (Å²) in [6.45, 7) is 1.11. The molecule has 1 aromatic heterocycles. The number of rotatable bonds is 8. The Bertz CT molecular complexity index is 1720. The van der Waals surface area contributed by atoms with E-state index < -0.39 is 47.4 Å². The van der Waals surface area contributed by atoms with E-state index in [9.17, 15) is 24.4 Å². The van der Waals surface area contributed by atoms with Crippen molar-refractivity contribution in [2.75, 3.05) is 11.9 Å². The third kappa shape index (κ3) is 6.19. The molecule has 0 spiro atoms. The van der Waals surface area contributed by atoms with Gasteiger partial charge >= 0.3 is 17.6 Å². The first-order chi connectivity index (χ1) is 20.8. The van der Waals surface area contributed by atoms with E-state index >= 15 is 0 Å². The zero-order chi connectivity index (χ0) is 30.4. The van der Waals surface area contributed by atoms with Crippen LogP contribution in [-0.4, -0.2) is 46.2 Å². The lowest BCUT2D eigenvalue weighted by molar-refractivity contribution is -0.0596. The van der Waals surface area contributed by atoms with Gasteiger partial charge in [0, 0.05) is 11.8 Å². The number of hydrogen-bond acceptors (Lipinski definition) is 9. The van der Waals surface area contributed by atoms with Crippen molar-refractivity contribution in [1.29, 1.82) is 5.26 Å². The summed E-state index contributed by atoms with van der Waals surface area (Å²) in [6, 6.07) is 28.4. The molecular weight excluding hydrogens is 552 g/mol. The number of amides is 1. The lowest BCUT2D eigenvalue weighted by atomic mass is 9.83. The van der Waals surface area contributed by atoms with Gasteiger partial charge in [-0.05, 0) is 49.4 Å². The van der Waals surface area contributed by atoms with E-state index in [2.05, 4.69) is 16.4 Å². The van der Waals surface area contributed by atoms with Gasteiger partial charge in [0.1, 0.15) is 23.9 Å². The minimum Gasteiger partial charge on any atom is -0.459 e. The average molecular weight is 579 g/mol. The van der Waals surface area contributed by atoms with Crippen molar-refractivity contribution < 1.29 is 28.6 Å². The molecule has 1 N–H and O–H groups in total. The minimum atomic E-state index is -1.62. The minimum absolute atomic E-state index is 0.00726. The second-order valence-electron chi connectivity index (χ2n) is 9.90. The SMILES string of the molecule is C[C@]1(C#N)C(n2ccc(NC(=O)c3ccccc3)nc2=O)OC(COC(=O)c2ccccc2)[C@H]1OC(=O)c1ccccc1. The third-order valence-electron chi connectivity index (χ3n) is 6.98. The summed E-state index contributed by atoms with van der Waals surface area (Å²) in [5, 5.41) is 12.9. The molecule has 2 unspecified atom stereocenters. The molecule has 1 aliphatic heterocycles. The Morgan fingerprint density at radius 3 is 2.02 bits per heavy atom. The van der Waals surface area contributed by atoms with Crippen molar-refractivity contribution in [1.82, 2.24) is 9.55 Å². The number of anilines is 1. The third-order valence-corrected chi connectivity index (χ3v) is 6.98. The van der Waals surface area contributed by atoms with Crippen molar-refractivity contribution in [3.05, 3.63) is 130 Å². The zero-order valence-electron chi connectivity index (χ0n) is 23.0. The Hall–Kier alpha value is -5.60. The Balaban J connectivity index is 1.42.